The topological polar surface area (TPSA) is 82.3 Å². The molecule has 1 amide bonds. The van der Waals surface area contributed by atoms with Gasteiger partial charge in [0.25, 0.3) is 5.91 Å². The van der Waals surface area contributed by atoms with E-state index in [2.05, 4.69) is 10.3 Å². The second-order valence-electron chi connectivity index (χ2n) is 2.40. The molecule has 0 aliphatic heterocycles. The molecule has 6 nitrogen and oxygen atoms in total. The van der Waals surface area contributed by atoms with Crippen LogP contribution in [0.2, 0.25) is 0 Å². The van der Waals surface area contributed by atoms with E-state index < -0.39 is 17.2 Å². The SMILES string of the molecule is CNC(=O)c1c[n-]c(=O)n(C)c1=O.[Rb+]. The summed E-state index contributed by atoms with van der Waals surface area (Å²) in [5.74, 6) is -0.548. The van der Waals surface area contributed by atoms with E-state index in [1.807, 2.05) is 0 Å². The molecule has 0 spiro atoms. The van der Waals surface area contributed by atoms with Crippen LogP contribution in [0.15, 0.2) is 15.8 Å². The number of nitrogens with zero attached hydrogens (tertiary/aromatic N) is 2. The summed E-state index contributed by atoms with van der Waals surface area (Å²) in [5.41, 5.74) is -1.44. The molecule has 0 unspecified atom stereocenters. The molecule has 0 saturated carbocycles. The zero-order chi connectivity index (χ0) is 10.0. The van der Waals surface area contributed by atoms with Gasteiger partial charge in [0.2, 0.25) is 0 Å². The van der Waals surface area contributed by atoms with Crippen molar-refractivity contribution >= 4 is 5.91 Å². The Kier molecular flexibility index (Phi) is 5.73. The van der Waals surface area contributed by atoms with Crippen LogP contribution in [0, 0.1) is 0 Å². The first-order valence-electron chi connectivity index (χ1n) is 3.53. The van der Waals surface area contributed by atoms with Crippen molar-refractivity contribution in [1.82, 2.24) is 14.9 Å². The Hall–Kier alpha value is -0.0448. The minimum atomic E-state index is -0.669. The fraction of sp³-hybridized carbons (Fsp3) is 0.286. The summed E-state index contributed by atoms with van der Waals surface area (Å²) in [6, 6.07) is 0. The van der Waals surface area contributed by atoms with Crippen LogP contribution in [0.4, 0.5) is 0 Å². The summed E-state index contributed by atoms with van der Waals surface area (Å²) in [6.07, 6.45) is 0.976. The smallest absolute Gasteiger partial charge is 0.406 e. The molecule has 0 atom stereocenters. The van der Waals surface area contributed by atoms with Crippen molar-refractivity contribution in [3.63, 3.8) is 0 Å². The summed E-state index contributed by atoms with van der Waals surface area (Å²) in [6.45, 7) is 0. The van der Waals surface area contributed by atoms with Crippen LogP contribution in [0.25, 0.3) is 0 Å². The number of carbonyl (C=O) groups is 1. The van der Waals surface area contributed by atoms with Gasteiger partial charge in [0.05, 0.1) is 5.56 Å². The first-order valence-corrected chi connectivity index (χ1v) is 3.53. The van der Waals surface area contributed by atoms with Gasteiger partial charge in [-0.05, 0) is 0 Å². The number of carbonyl (C=O) groups excluding carboxylic acids is 1. The third-order valence-electron chi connectivity index (χ3n) is 1.60. The van der Waals surface area contributed by atoms with Gasteiger partial charge in [-0.25, -0.2) is 0 Å². The molecule has 1 aromatic heterocycles. The molecule has 1 heterocycles. The molecule has 0 fully saturated rings. The van der Waals surface area contributed by atoms with Gasteiger partial charge in [-0.15, -0.1) is 0 Å². The zero-order valence-corrected chi connectivity index (χ0v) is 13.1. The van der Waals surface area contributed by atoms with E-state index in [-0.39, 0.29) is 63.8 Å². The van der Waals surface area contributed by atoms with Crippen molar-refractivity contribution in [3.05, 3.63) is 32.6 Å². The summed E-state index contributed by atoms with van der Waals surface area (Å²) in [7, 11) is 2.66. The molecule has 7 heteroatoms. The van der Waals surface area contributed by atoms with Gasteiger partial charge in [0, 0.05) is 7.05 Å². The van der Waals surface area contributed by atoms with Gasteiger partial charge in [0.1, 0.15) is 0 Å². The van der Waals surface area contributed by atoms with Gasteiger partial charge in [-0.2, -0.15) is 0 Å². The van der Waals surface area contributed by atoms with Crippen molar-refractivity contribution in [2.75, 3.05) is 7.05 Å². The maximum Gasteiger partial charge on any atom is 1.00 e. The normalized spacial score (nSPS) is 9.00. The predicted octanol–water partition coefficient (Wildman–Crippen LogP) is -4.93. The van der Waals surface area contributed by atoms with Gasteiger partial charge in [-0.3, -0.25) is 14.4 Å². The second kappa shape index (κ2) is 5.74. The quantitative estimate of drug-likeness (QED) is 0.553. The molecular weight excluding hydrogens is 260 g/mol. The fourth-order valence-electron chi connectivity index (χ4n) is 0.820. The third kappa shape index (κ3) is 2.72. The Morgan fingerprint density at radius 3 is 2.57 bits per heavy atom. The number of nitrogens with one attached hydrogen (secondary N) is 1. The largest absolute Gasteiger partial charge is 1.00 e. The van der Waals surface area contributed by atoms with Crippen molar-refractivity contribution in [2.24, 2.45) is 7.05 Å². The molecule has 14 heavy (non-hydrogen) atoms. The average Bonchev–Trinajstić information content (AvgIpc) is 2.13. The molecule has 70 valence electrons. The Morgan fingerprint density at radius 1 is 1.50 bits per heavy atom. The van der Waals surface area contributed by atoms with E-state index in [1.54, 1.807) is 0 Å². The van der Waals surface area contributed by atoms with Crippen LogP contribution in [0.5, 0.6) is 0 Å². The summed E-state index contributed by atoms with van der Waals surface area (Å²) in [5, 5.41) is 2.27. The summed E-state index contributed by atoms with van der Waals surface area (Å²) >= 11 is 0. The Morgan fingerprint density at radius 2 is 2.07 bits per heavy atom. The van der Waals surface area contributed by atoms with E-state index in [1.165, 1.54) is 14.1 Å². The van der Waals surface area contributed by atoms with Crippen molar-refractivity contribution in [1.29, 1.82) is 0 Å². The van der Waals surface area contributed by atoms with Crippen LogP contribution in [0.1, 0.15) is 10.4 Å². The Balaban J connectivity index is 0.00000169. The van der Waals surface area contributed by atoms with Crippen LogP contribution < -0.4 is 79.7 Å². The average molecular weight is 268 g/mol. The molecule has 1 aromatic rings. The van der Waals surface area contributed by atoms with E-state index in [0.29, 0.717) is 0 Å². The number of amides is 1. The molecule has 1 N–H and O–H groups in total. The first-order chi connectivity index (χ1) is 6.07. The van der Waals surface area contributed by atoms with E-state index in [4.69, 9.17) is 0 Å². The van der Waals surface area contributed by atoms with E-state index >= 15 is 0 Å². The van der Waals surface area contributed by atoms with Crippen molar-refractivity contribution < 1.29 is 63.0 Å². The standard InChI is InChI=1S/C7H9N3O3.Rb/c1-8-5(11)4-3-9-7(13)10(2)6(4)12;/h3H,1-2H3,(H2,8,9,11,12,13);/q;+1/p-1. The fourth-order valence-corrected chi connectivity index (χ4v) is 0.820. The summed E-state index contributed by atoms with van der Waals surface area (Å²) in [4.78, 5) is 36.5. The molecule has 0 aromatic carbocycles. The molecule has 0 saturated heterocycles. The molecule has 1 rings (SSSR count). The van der Waals surface area contributed by atoms with Gasteiger partial charge >= 0.3 is 58.2 Å². The minimum absolute atomic E-state index is 0. The van der Waals surface area contributed by atoms with Gasteiger partial charge in [-0.1, -0.05) is 13.2 Å². The summed E-state index contributed by atoms with van der Waals surface area (Å²) < 4.78 is 0.782. The maximum atomic E-state index is 11.3. The second-order valence-corrected chi connectivity index (χ2v) is 2.40. The number of aromatic nitrogens is 2. The Bertz CT molecular complexity index is 448. The predicted molar refractivity (Wildman–Crippen MR) is 44.7 cm³/mol. The maximum absolute atomic E-state index is 11.3. The van der Waals surface area contributed by atoms with Gasteiger partial charge in [0.15, 0.2) is 11.2 Å². The Labute approximate surface area is 129 Å². The first kappa shape index (κ1) is 14.0. The number of hydrogen-bond acceptors (Lipinski definition) is 3. The zero-order valence-electron chi connectivity index (χ0n) is 8.20. The van der Waals surface area contributed by atoms with Crippen molar-refractivity contribution in [3.8, 4) is 0 Å². The molecule has 0 bridgehead atoms. The minimum Gasteiger partial charge on any atom is -0.406 e. The van der Waals surface area contributed by atoms with Crippen LogP contribution in [-0.2, 0) is 7.05 Å². The third-order valence-corrected chi connectivity index (χ3v) is 1.60. The van der Waals surface area contributed by atoms with Crippen LogP contribution >= 0.6 is 0 Å². The van der Waals surface area contributed by atoms with Crippen molar-refractivity contribution in [2.45, 2.75) is 0 Å². The number of hydrogen-bond donors (Lipinski definition) is 1. The monoisotopic (exact) mass is 267 g/mol. The number of rotatable bonds is 1. The molecule has 0 aliphatic carbocycles. The molecular formula is C7H8N3O3Rb. The van der Waals surface area contributed by atoms with E-state index in [9.17, 15) is 14.4 Å². The van der Waals surface area contributed by atoms with Crippen LogP contribution in [0.3, 0.4) is 0 Å². The molecule has 0 aliphatic rings. The van der Waals surface area contributed by atoms with E-state index in [0.717, 1.165) is 10.8 Å². The van der Waals surface area contributed by atoms with Gasteiger partial charge < -0.3 is 14.9 Å². The van der Waals surface area contributed by atoms with Crippen LogP contribution in [-0.4, -0.2) is 17.5 Å². The molecule has 0 radical (unpaired) electrons.